The first-order chi connectivity index (χ1) is 5.10. The molecule has 0 amide bonds. The van der Waals surface area contributed by atoms with Gasteiger partial charge in [-0.1, -0.05) is 6.58 Å². The predicted octanol–water partition coefficient (Wildman–Crippen LogP) is 3.22. The molecule has 0 aliphatic heterocycles. The van der Waals surface area contributed by atoms with Crippen LogP contribution in [0.5, 0.6) is 0 Å². The Kier molecular flexibility index (Phi) is 3.22. The largest absolute Gasteiger partial charge is 0.430 e. The lowest BCUT2D eigenvalue weighted by molar-refractivity contribution is -0.0849. The summed E-state index contributed by atoms with van der Waals surface area (Å²) < 4.78 is 53.7. The van der Waals surface area contributed by atoms with Crippen molar-refractivity contribution in [3.05, 3.63) is 11.5 Å². The summed E-state index contributed by atoms with van der Waals surface area (Å²) in [6, 6.07) is 0. The zero-order valence-corrected chi connectivity index (χ0v) is 7.54. The van der Waals surface area contributed by atoms with Gasteiger partial charge in [-0.15, -0.1) is 0 Å². The van der Waals surface area contributed by atoms with Crippen LogP contribution in [-0.2, 0) is 0 Å². The van der Waals surface area contributed by atoms with E-state index in [0.29, 0.717) is 0 Å². The number of alkyl halides is 3. The molecular formula is C6H11F3O2S. The number of allylic oxidation sites excluding steroid dienone is 1. The van der Waals surface area contributed by atoms with Crippen LogP contribution in [0.3, 0.4) is 0 Å². The molecule has 6 heteroatoms. The molecule has 0 aromatic heterocycles. The van der Waals surface area contributed by atoms with Crippen molar-refractivity contribution in [1.29, 1.82) is 0 Å². The van der Waals surface area contributed by atoms with E-state index >= 15 is 0 Å². The SMILES string of the molecule is C=C(C(F)(F)F)S(O)(O)C(C)C. The highest BCUT2D eigenvalue weighted by atomic mass is 32.3. The van der Waals surface area contributed by atoms with Gasteiger partial charge in [0, 0.05) is 5.25 Å². The third-order valence-corrected chi connectivity index (χ3v) is 3.61. The number of hydrogen-bond donors (Lipinski definition) is 2. The molecule has 0 aromatic carbocycles. The van der Waals surface area contributed by atoms with E-state index in [2.05, 4.69) is 6.58 Å². The molecule has 0 fully saturated rings. The highest BCUT2D eigenvalue weighted by Gasteiger charge is 2.41. The molecule has 0 unspecified atom stereocenters. The highest BCUT2D eigenvalue weighted by Crippen LogP contribution is 2.56. The van der Waals surface area contributed by atoms with Crippen LogP contribution in [0.25, 0.3) is 0 Å². The maximum absolute atomic E-state index is 11.9. The van der Waals surface area contributed by atoms with Gasteiger partial charge in [0.1, 0.15) is 4.91 Å². The molecule has 0 aliphatic carbocycles. The monoisotopic (exact) mass is 204 g/mol. The molecule has 2 N–H and O–H groups in total. The van der Waals surface area contributed by atoms with Gasteiger partial charge in [-0.05, 0) is 13.8 Å². The maximum Gasteiger partial charge on any atom is 0.430 e. The fourth-order valence-electron chi connectivity index (χ4n) is 0.455. The van der Waals surface area contributed by atoms with E-state index in [4.69, 9.17) is 9.11 Å². The van der Waals surface area contributed by atoms with Crippen molar-refractivity contribution in [3.8, 4) is 0 Å². The Morgan fingerprint density at radius 1 is 1.33 bits per heavy atom. The van der Waals surface area contributed by atoms with Crippen LogP contribution < -0.4 is 0 Å². The van der Waals surface area contributed by atoms with Crippen molar-refractivity contribution < 1.29 is 22.3 Å². The number of rotatable bonds is 2. The predicted molar refractivity (Wildman–Crippen MR) is 43.2 cm³/mol. The summed E-state index contributed by atoms with van der Waals surface area (Å²) in [5, 5.41) is -0.869. The Bertz CT molecular complexity index is 186. The molecule has 12 heavy (non-hydrogen) atoms. The van der Waals surface area contributed by atoms with Gasteiger partial charge < -0.3 is 0 Å². The van der Waals surface area contributed by atoms with Crippen LogP contribution in [0.1, 0.15) is 13.8 Å². The van der Waals surface area contributed by atoms with Crippen LogP contribution in [0.15, 0.2) is 11.5 Å². The minimum Gasteiger partial charge on any atom is -0.295 e. The summed E-state index contributed by atoms with van der Waals surface area (Å²) in [4.78, 5) is -1.45. The first-order valence-corrected chi connectivity index (χ1v) is 4.74. The van der Waals surface area contributed by atoms with E-state index in [9.17, 15) is 13.2 Å². The van der Waals surface area contributed by atoms with Crippen molar-refractivity contribution in [2.75, 3.05) is 0 Å². The van der Waals surface area contributed by atoms with Crippen molar-refractivity contribution in [3.63, 3.8) is 0 Å². The zero-order valence-electron chi connectivity index (χ0n) is 6.72. The average Bonchev–Trinajstić information content (AvgIpc) is 1.83. The lowest BCUT2D eigenvalue weighted by Gasteiger charge is -2.38. The lowest BCUT2D eigenvalue weighted by Crippen LogP contribution is -2.22. The first-order valence-electron chi connectivity index (χ1n) is 3.13. The van der Waals surface area contributed by atoms with Crippen molar-refractivity contribution >= 4 is 10.6 Å². The first kappa shape index (κ1) is 11.8. The van der Waals surface area contributed by atoms with Crippen LogP contribution >= 0.6 is 10.6 Å². The molecule has 2 nitrogen and oxygen atoms in total. The topological polar surface area (TPSA) is 40.5 Å². The smallest absolute Gasteiger partial charge is 0.295 e. The third kappa shape index (κ3) is 2.40. The highest BCUT2D eigenvalue weighted by molar-refractivity contribution is 8.28. The van der Waals surface area contributed by atoms with E-state index in [1.807, 2.05) is 0 Å². The quantitative estimate of drug-likeness (QED) is 0.725. The molecule has 0 bridgehead atoms. The number of halogens is 3. The summed E-state index contributed by atoms with van der Waals surface area (Å²) in [5.41, 5.74) is 0. The van der Waals surface area contributed by atoms with Crippen molar-refractivity contribution in [1.82, 2.24) is 0 Å². The third-order valence-electron chi connectivity index (χ3n) is 1.34. The Hall–Kier alpha value is -0.200. The van der Waals surface area contributed by atoms with Crippen LogP contribution in [0.2, 0.25) is 0 Å². The maximum atomic E-state index is 11.9. The van der Waals surface area contributed by atoms with Crippen molar-refractivity contribution in [2.45, 2.75) is 25.3 Å². The second-order valence-corrected chi connectivity index (χ2v) is 5.18. The summed E-state index contributed by atoms with van der Waals surface area (Å²) >= 11 is 0. The zero-order chi connectivity index (χ0) is 10.2. The van der Waals surface area contributed by atoms with Gasteiger partial charge >= 0.3 is 6.18 Å². The Morgan fingerprint density at radius 3 is 1.75 bits per heavy atom. The summed E-state index contributed by atoms with van der Waals surface area (Å²) in [6.45, 7) is 5.23. The fraction of sp³-hybridized carbons (Fsp3) is 0.667. The molecule has 0 radical (unpaired) electrons. The van der Waals surface area contributed by atoms with E-state index in [0.717, 1.165) is 0 Å². The Labute approximate surface area is 70.4 Å². The van der Waals surface area contributed by atoms with Gasteiger partial charge in [0.2, 0.25) is 0 Å². The average molecular weight is 204 g/mol. The molecule has 0 spiro atoms. The van der Waals surface area contributed by atoms with E-state index in [1.54, 1.807) is 0 Å². The van der Waals surface area contributed by atoms with Gasteiger partial charge in [0.05, 0.1) is 0 Å². The molecule has 0 rings (SSSR count). The van der Waals surface area contributed by atoms with Crippen LogP contribution in [0.4, 0.5) is 13.2 Å². The molecule has 0 aliphatic rings. The molecule has 74 valence electrons. The minimum atomic E-state index is -4.73. The molecule has 0 saturated carbocycles. The van der Waals surface area contributed by atoms with Gasteiger partial charge in [-0.25, -0.2) is 0 Å². The normalized spacial score (nSPS) is 15.0. The Balaban J connectivity index is 4.70. The lowest BCUT2D eigenvalue weighted by atomic mass is 10.6. The summed E-state index contributed by atoms with van der Waals surface area (Å²) in [6.07, 6.45) is -4.73. The van der Waals surface area contributed by atoms with Crippen LogP contribution in [-0.4, -0.2) is 20.5 Å². The molecule has 0 aromatic rings. The second kappa shape index (κ2) is 3.27. The van der Waals surface area contributed by atoms with Crippen LogP contribution in [0, 0.1) is 0 Å². The van der Waals surface area contributed by atoms with Gasteiger partial charge in [0.25, 0.3) is 0 Å². The van der Waals surface area contributed by atoms with Gasteiger partial charge in [-0.2, -0.15) is 23.8 Å². The summed E-state index contributed by atoms with van der Waals surface area (Å²) in [5.74, 6) is 0. The van der Waals surface area contributed by atoms with Crippen molar-refractivity contribution in [2.24, 2.45) is 0 Å². The Morgan fingerprint density at radius 2 is 1.67 bits per heavy atom. The standard InChI is InChI=1S/C6H11F3O2S/c1-4(2)12(10,11)5(3)6(7,8)9/h4,10-11H,3H2,1-2H3. The molecule has 0 atom stereocenters. The van der Waals surface area contributed by atoms with Gasteiger partial charge in [-0.3, -0.25) is 9.11 Å². The number of hydrogen-bond acceptors (Lipinski definition) is 2. The minimum absolute atomic E-state index is 0.869. The van der Waals surface area contributed by atoms with Gasteiger partial charge in [0.15, 0.2) is 0 Å². The molecule has 0 heterocycles. The molecular weight excluding hydrogens is 193 g/mol. The van der Waals surface area contributed by atoms with E-state index in [-0.39, 0.29) is 0 Å². The molecule has 0 saturated heterocycles. The summed E-state index contributed by atoms with van der Waals surface area (Å²) in [7, 11) is -3.75. The fourth-order valence-corrected chi connectivity index (χ4v) is 1.36. The van der Waals surface area contributed by atoms with E-state index < -0.39 is 26.9 Å². The van der Waals surface area contributed by atoms with E-state index in [1.165, 1.54) is 13.8 Å². The second-order valence-electron chi connectivity index (χ2n) is 2.56.